The van der Waals surface area contributed by atoms with Gasteiger partial charge in [0.25, 0.3) is 0 Å². The summed E-state index contributed by atoms with van der Waals surface area (Å²) in [5.41, 5.74) is 1.38. The summed E-state index contributed by atoms with van der Waals surface area (Å²) < 4.78 is 16.4. The van der Waals surface area contributed by atoms with Crippen molar-refractivity contribution in [2.45, 2.75) is 51.6 Å². The Hall–Kier alpha value is -2.44. The summed E-state index contributed by atoms with van der Waals surface area (Å²) in [5, 5.41) is 4.37. The largest absolute Gasteiger partial charge is 0.346 e. The van der Waals surface area contributed by atoms with Crippen molar-refractivity contribution in [3.8, 4) is 0 Å². The fourth-order valence-electron chi connectivity index (χ4n) is 3.77. The number of halogens is 1. The van der Waals surface area contributed by atoms with E-state index in [1.165, 1.54) is 16.8 Å². The first-order valence-corrected chi connectivity index (χ1v) is 8.89. The number of carbonyl (C=O) groups is 1. The number of anilines is 1. The summed E-state index contributed by atoms with van der Waals surface area (Å²) in [7, 11) is 0. The van der Waals surface area contributed by atoms with E-state index in [-0.39, 0.29) is 24.0 Å². The fourth-order valence-corrected chi connectivity index (χ4v) is 3.77. The number of amides is 1. The lowest BCUT2D eigenvalue weighted by atomic mass is 10.0. The van der Waals surface area contributed by atoms with Gasteiger partial charge in [-0.1, -0.05) is 6.42 Å². The molecular formula is C18H21FN4O2. The minimum Gasteiger partial charge on any atom is -0.311 e. The Bertz CT molecular complexity index is 870. The van der Waals surface area contributed by atoms with Gasteiger partial charge in [-0.25, -0.2) is 13.9 Å². The molecule has 132 valence electrons. The lowest BCUT2D eigenvalue weighted by Crippen LogP contribution is -2.40. The molecule has 4 rings (SSSR count). The number of aromatic nitrogens is 3. The molecule has 0 bridgehead atoms. The van der Waals surface area contributed by atoms with E-state index >= 15 is 0 Å². The summed E-state index contributed by atoms with van der Waals surface area (Å²) in [4.78, 5) is 26.9. The zero-order valence-corrected chi connectivity index (χ0v) is 14.1. The van der Waals surface area contributed by atoms with Gasteiger partial charge in [0.1, 0.15) is 18.2 Å². The van der Waals surface area contributed by atoms with E-state index in [9.17, 15) is 14.0 Å². The van der Waals surface area contributed by atoms with Crippen LogP contribution in [0, 0.1) is 5.82 Å². The van der Waals surface area contributed by atoms with Crippen LogP contribution >= 0.6 is 0 Å². The van der Waals surface area contributed by atoms with Gasteiger partial charge in [-0.2, -0.15) is 5.10 Å². The molecule has 2 aliphatic rings. The van der Waals surface area contributed by atoms with Gasteiger partial charge in [0.15, 0.2) is 0 Å². The highest BCUT2D eigenvalue weighted by Gasteiger charge is 2.25. The molecule has 0 spiro atoms. The summed E-state index contributed by atoms with van der Waals surface area (Å²) in [6.45, 7) is 1.18. The lowest BCUT2D eigenvalue weighted by Gasteiger charge is -2.29. The van der Waals surface area contributed by atoms with Crippen molar-refractivity contribution in [1.29, 1.82) is 0 Å². The molecule has 3 heterocycles. The molecule has 1 aromatic carbocycles. The van der Waals surface area contributed by atoms with Crippen LogP contribution in [-0.4, -0.2) is 26.8 Å². The van der Waals surface area contributed by atoms with Gasteiger partial charge in [-0.3, -0.25) is 9.36 Å². The number of fused-ring (bicyclic) bond motifs is 2. The molecule has 0 saturated carbocycles. The third kappa shape index (κ3) is 2.99. The summed E-state index contributed by atoms with van der Waals surface area (Å²) in [6.07, 6.45) is 5.42. The molecule has 2 aromatic rings. The molecule has 2 aliphatic heterocycles. The minimum absolute atomic E-state index is 0.0738. The quantitative estimate of drug-likeness (QED) is 0.836. The first kappa shape index (κ1) is 16.1. The molecule has 1 amide bonds. The average Bonchev–Trinajstić information content (AvgIpc) is 2.77. The SMILES string of the molecule is O=C(Cn1nc2n(c1=O)CCCCC2)N1CCCc2cc(F)ccc21. The zero-order valence-electron chi connectivity index (χ0n) is 14.1. The van der Waals surface area contributed by atoms with Gasteiger partial charge in [0.05, 0.1) is 0 Å². The molecule has 0 radical (unpaired) electrons. The van der Waals surface area contributed by atoms with E-state index in [1.54, 1.807) is 15.5 Å². The number of benzene rings is 1. The smallest absolute Gasteiger partial charge is 0.311 e. The Balaban J connectivity index is 1.59. The van der Waals surface area contributed by atoms with Crippen molar-refractivity contribution < 1.29 is 9.18 Å². The Morgan fingerprint density at radius 2 is 2.00 bits per heavy atom. The molecule has 0 saturated heterocycles. The highest BCUT2D eigenvalue weighted by Crippen LogP contribution is 2.28. The Morgan fingerprint density at radius 1 is 1.12 bits per heavy atom. The Kier molecular flexibility index (Phi) is 4.15. The van der Waals surface area contributed by atoms with Crippen molar-refractivity contribution in [2.24, 2.45) is 0 Å². The van der Waals surface area contributed by atoms with Crippen LogP contribution in [0.1, 0.15) is 37.1 Å². The van der Waals surface area contributed by atoms with E-state index in [1.807, 2.05) is 0 Å². The predicted molar refractivity (Wildman–Crippen MR) is 91.1 cm³/mol. The zero-order chi connectivity index (χ0) is 17.4. The third-order valence-electron chi connectivity index (χ3n) is 5.03. The van der Waals surface area contributed by atoms with Gasteiger partial charge in [-0.05, 0) is 49.4 Å². The minimum atomic E-state index is -0.290. The first-order valence-electron chi connectivity index (χ1n) is 8.89. The van der Waals surface area contributed by atoms with Crippen LogP contribution in [0.15, 0.2) is 23.0 Å². The maximum atomic E-state index is 13.4. The monoisotopic (exact) mass is 344 g/mol. The second-order valence-electron chi connectivity index (χ2n) is 6.74. The van der Waals surface area contributed by atoms with Crippen LogP contribution in [0.4, 0.5) is 10.1 Å². The molecule has 6 nitrogen and oxygen atoms in total. The van der Waals surface area contributed by atoms with Crippen LogP contribution < -0.4 is 10.6 Å². The standard InChI is InChI=1S/C18H21FN4O2/c19-14-7-8-15-13(11-14)5-4-10-21(15)17(24)12-23-18(25)22-9-3-1-2-6-16(22)20-23/h7-8,11H,1-6,9-10,12H2. The average molecular weight is 344 g/mol. The maximum Gasteiger partial charge on any atom is 0.346 e. The van der Waals surface area contributed by atoms with Crippen molar-refractivity contribution >= 4 is 11.6 Å². The number of rotatable bonds is 2. The van der Waals surface area contributed by atoms with Gasteiger partial charge >= 0.3 is 5.69 Å². The van der Waals surface area contributed by atoms with E-state index in [0.29, 0.717) is 13.1 Å². The molecule has 25 heavy (non-hydrogen) atoms. The fraction of sp³-hybridized carbons (Fsp3) is 0.500. The highest BCUT2D eigenvalue weighted by atomic mass is 19.1. The predicted octanol–water partition coefficient (Wildman–Crippen LogP) is 1.89. The van der Waals surface area contributed by atoms with Crippen LogP contribution in [0.2, 0.25) is 0 Å². The molecule has 7 heteroatoms. The summed E-state index contributed by atoms with van der Waals surface area (Å²) in [6, 6.07) is 4.50. The van der Waals surface area contributed by atoms with Gasteiger partial charge in [-0.15, -0.1) is 0 Å². The van der Waals surface area contributed by atoms with Crippen molar-refractivity contribution in [1.82, 2.24) is 14.3 Å². The van der Waals surface area contributed by atoms with Gasteiger partial charge < -0.3 is 4.90 Å². The van der Waals surface area contributed by atoms with Crippen LogP contribution in [0.25, 0.3) is 0 Å². The molecular weight excluding hydrogens is 323 g/mol. The topological polar surface area (TPSA) is 60.1 Å². The van der Waals surface area contributed by atoms with E-state index < -0.39 is 0 Å². The number of hydrogen-bond donors (Lipinski definition) is 0. The second-order valence-corrected chi connectivity index (χ2v) is 6.74. The molecule has 0 fully saturated rings. The molecule has 1 aromatic heterocycles. The first-order chi connectivity index (χ1) is 12.1. The van der Waals surface area contributed by atoms with Gasteiger partial charge in [0, 0.05) is 25.2 Å². The number of hydrogen-bond acceptors (Lipinski definition) is 3. The van der Waals surface area contributed by atoms with E-state index in [4.69, 9.17) is 0 Å². The van der Waals surface area contributed by atoms with E-state index in [0.717, 1.165) is 55.6 Å². The van der Waals surface area contributed by atoms with Gasteiger partial charge in [0.2, 0.25) is 5.91 Å². The van der Waals surface area contributed by atoms with Crippen LogP contribution in [-0.2, 0) is 30.7 Å². The van der Waals surface area contributed by atoms with Crippen LogP contribution in [0.3, 0.4) is 0 Å². The van der Waals surface area contributed by atoms with Crippen molar-refractivity contribution in [3.05, 3.63) is 45.9 Å². The normalized spacial score (nSPS) is 16.9. The number of nitrogens with zero attached hydrogens (tertiary/aromatic N) is 4. The van der Waals surface area contributed by atoms with Crippen LogP contribution in [0.5, 0.6) is 0 Å². The molecule has 0 atom stereocenters. The second kappa shape index (κ2) is 6.46. The van der Waals surface area contributed by atoms with Crippen molar-refractivity contribution in [3.63, 3.8) is 0 Å². The molecule has 0 unspecified atom stereocenters. The van der Waals surface area contributed by atoms with E-state index in [2.05, 4.69) is 5.10 Å². The van der Waals surface area contributed by atoms with Crippen molar-refractivity contribution in [2.75, 3.05) is 11.4 Å². The number of aryl methyl sites for hydroxylation is 2. The maximum absolute atomic E-state index is 13.4. The number of carbonyl (C=O) groups excluding carboxylic acids is 1. The third-order valence-corrected chi connectivity index (χ3v) is 5.03. The lowest BCUT2D eigenvalue weighted by molar-refractivity contribution is -0.119. The summed E-state index contributed by atoms with van der Waals surface area (Å²) in [5.74, 6) is 0.307. The Morgan fingerprint density at radius 3 is 2.88 bits per heavy atom. The molecule has 0 N–H and O–H groups in total. The summed E-state index contributed by atoms with van der Waals surface area (Å²) >= 11 is 0. The Labute approximate surface area is 144 Å². The highest BCUT2D eigenvalue weighted by molar-refractivity contribution is 5.94. The molecule has 0 aliphatic carbocycles.